The highest BCUT2D eigenvalue weighted by atomic mass is 32.2. The molecule has 0 atom stereocenters. The van der Waals surface area contributed by atoms with Gasteiger partial charge in [-0.05, 0) is 178 Å². The third-order valence-corrected chi connectivity index (χ3v) is 17.9. The number of nitrogens with zero attached hydrogens (tertiary/aromatic N) is 1. The Balaban J connectivity index is 1.09. The minimum atomic E-state index is -0.0791. The second kappa shape index (κ2) is 12.5. The van der Waals surface area contributed by atoms with Gasteiger partial charge in [0.1, 0.15) is 0 Å². The average molecular weight is 788 g/mol. The first-order valence-corrected chi connectivity index (χ1v) is 23.5. The predicted molar refractivity (Wildman–Crippen MR) is 248 cm³/mol. The van der Waals surface area contributed by atoms with Crippen LogP contribution in [0.25, 0.3) is 22.3 Å². The zero-order valence-electron chi connectivity index (χ0n) is 35.7. The molecule has 6 aromatic rings. The van der Waals surface area contributed by atoms with E-state index in [0.29, 0.717) is 11.8 Å². The van der Waals surface area contributed by atoms with E-state index in [-0.39, 0.29) is 21.7 Å². The highest BCUT2D eigenvalue weighted by Gasteiger charge is 2.61. The van der Waals surface area contributed by atoms with E-state index in [1.54, 1.807) is 11.1 Å². The van der Waals surface area contributed by atoms with E-state index in [4.69, 9.17) is 0 Å². The SMILES string of the molecule is CC1(C)CCC(C)(C)c2c(N(c3ccc4c(c3)C(C)(C)c3ccccc3-4)c3ccc4c(c3)C3(c5ccc(-c6ccccc6)cc5S4)C4CC5CC(C4)CC3C5)cccc21. The van der Waals surface area contributed by atoms with E-state index < -0.39 is 0 Å². The lowest BCUT2D eigenvalue weighted by atomic mass is 9.42. The van der Waals surface area contributed by atoms with Crippen LogP contribution in [0, 0.1) is 23.7 Å². The number of hydrogen-bond acceptors (Lipinski definition) is 2. The normalized spacial score (nSPS) is 26.7. The third-order valence-electron chi connectivity index (χ3n) is 16.7. The molecule has 7 aliphatic rings. The van der Waals surface area contributed by atoms with Gasteiger partial charge in [0.15, 0.2) is 0 Å². The maximum absolute atomic E-state index is 2.71. The van der Waals surface area contributed by atoms with Gasteiger partial charge in [0.25, 0.3) is 0 Å². The van der Waals surface area contributed by atoms with Gasteiger partial charge in [0.05, 0.1) is 5.69 Å². The van der Waals surface area contributed by atoms with E-state index in [9.17, 15) is 0 Å². The molecule has 0 aromatic heterocycles. The first-order chi connectivity index (χ1) is 28.4. The monoisotopic (exact) mass is 787 g/mol. The average Bonchev–Trinajstić information content (AvgIpc) is 3.46. The first kappa shape index (κ1) is 36.3. The van der Waals surface area contributed by atoms with E-state index in [1.165, 1.54) is 116 Å². The summed E-state index contributed by atoms with van der Waals surface area (Å²) in [4.78, 5) is 5.66. The van der Waals surface area contributed by atoms with Crippen LogP contribution >= 0.6 is 11.8 Å². The largest absolute Gasteiger partial charge is 0.310 e. The highest BCUT2D eigenvalue weighted by molar-refractivity contribution is 7.99. The van der Waals surface area contributed by atoms with Crippen molar-refractivity contribution in [2.45, 2.75) is 118 Å². The van der Waals surface area contributed by atoms with Gasteiger partial charge in [-0.1, -0.05) is 138 Å². The summed E-state index contributed by atoms with van der Waals surface area (Å²) in [6, 6.07) is 50.1. The number of hydrogen-bond donors (Lipinski definition) is 0. The van der Waals surface area contributed by atoms with Crippen molar-refractivity contribution in [2.75, 3.05) is 4.90 Å². The maximum atomic E-state index is 2.71. The van der Waals surface area contributed by atoms with Crippen molar-refractivity contribution < 1.29 is 0 Å². The fraction of sp³-hybridized carbons (Fsp3) is 0.368. The van der Waals surface area contributed by atoms with Gasteiger partial charge in [-0.3, -0.25) is 0 Å². The van der Waals surface area contributed by atoms with Crippen LogP contribution in [-0.4, -0.2) is 0 Å². The summed E-state index contributed by atoms with van der Waals surface area (Å²) in [7, 11) is 0. The Morgan fingerprint density at radius 1 is 0.475 bits per heavy atom. The van der Waals surface area contributed by atoms with Gasteiger partial charge in [0.2, 0.25) is 0 Å². The highest BCUT2D eigenvalue weighted by Crippen LogP contribution is 2.69. The minimum absolute atomic E-state index is 0.0409. The summed E-state index contributed by atoms with van der Waals surface area (Å²) in [5.74, 6) is 3.17. The quantitative estimate of drug-likeness (QED) is 0.175. The summed E-state index contributed by atoms with van der Waals surface area (Å²) in [5, 5.41) is 0. The van der Waals surface area contributed by atoms with Crippen LogP contribution in [-0.2, 0) is 21.7 Å². The lowest BCUT2D eigenvalue weighted by molar-refractivity contribution is -0.0443. The second-order valence-corrected chi connectivity index (χ2v) is 22.3. The molecule has 1 aliphatic heterocycles. The number of rotatable bonds is 4. The van der Waals surface area contributed by atoms with Gasteiger partial charge in [-0.25, -0.2) is 0 Å². The molecule has 0 saturated heterocycles. The van der Waals surface area contributed by atoms with Gasteiger partial charge < -0.3 is 4.90 Å². The molecule has 2 heteroatoms. The maximum Gasteiger partial charge on any atom is 0.0502 e. The molecule has 0 N–H and O–H groups in total. The van der Waals surface area contributed by atoms with Crippen molar-refractivity contribution in [3.8, 4) is 22.3 Å². The molecule has 1 nitrogen and oxygen atoms in total. The fourth-order valence-corrected chi connectivity index (χ4v) is 15.3. The fourth-order valence-electron chi connectivity index (χ4n) is 14.0. The summed E-state index contributed by atoms with van der Waals surface area (Å²) >= 11 is 2.03. The molecule has 6 aliphatic carbocycles. The molecule has 1 heterocycles. The third kappa shape index (κ3) is 5.11. The molecule has 0 amide bonds. The Bertz CT molecular complexity index is 2670. The Kier molecular flexibility index (Phi) is 7.70. The van der Waals surface area contributed by atoms with Crippen molar-refractivity contribution >= 4 is 28.8 Å². The molecule has 296 valence electrons. The first-order valence-electron chi connectivity index (χ1n) is 22.6. The van der Waals surface area contributed by atoms with Crippen molar-refractivity contribution in [3.05, 3.63) is 161 Å². The molecule has 0 radical (unpaired) electrons. The molecule has 59 heavy (non-hydrogen) atoms. The molecule has 4 saturated carbocycles. The molecule has 0 unspecified atom stereocenters. The van der Waals surface area contributed by atoms with Gasteiger partial charge >= 0.3 is 0 Å². The van der Waals surface area contributed by atoms with Gasteiger partial charge in [-0.15, -0.1) is 0 Å². The van der Waals surface area contributed by atoms with Gasteiger partial charge in [0, 0.05) is 32.0 Å². The number of anilines is 3. The molecule has 4 fully saturated rings. The summed E-state index contributed by atoms with van der Waals surface area (Å²) < 4.78 is 0. The van der Waals surface area contributed by atoms with Gasteiger partial charge in [-0.2, -0.15) is 0 Å². The minimum Gasteiger partial charge on any atom is -0.310 e. The van der Waals surface area contributed by atoms with Crippen molar-refractivity contribution in [3.63, 3.8) is 0 Å². The second-order valence-electron chi connectivity index (χ2n) is 21.2. The van der Waals surface area contributed by atoms with Crippen LogP contribution in [0.2, 0.25) is 0 Å². The molecule has 4 bridgehead atoms. The van der Waals surface area contributed by atoms with Crippen LogP contribution in [0.3, 0.4) is 0 Å². The van der Waals surface area contributed by atoms with Crippen LogP contribution in [0.1, 0.15) is 120 Å². The van der Waals surface area contributed by atoms with Crippen molar-refractivity contribution in [2.24, 2.45) is 23.7 Å². The predicted octanol–water partition coefficient (Wildman–Crippen LogP) is 15.7. The summed E-state index contributed by atoms with van der Waals surface area (Å²) in [5.41, 5.74) is 18.6. The van der Waals surface area contributed by atoms with Crippen LogP contribution in [0.5, 0.6) is 0 Å². The lowest BCUT2D eigenvalue weighted by Crippen LogP contribution is -2.57. The van der Waals surface area contributed by atoms with Crippen molar-refractivity contribution in [1.29, 1.82) is 0 Å². The van der Waals surface area contributed by atoms with Crippen LogP contribution in [0.4, 0.5) is 17.1 Å². The molecular formula is C57H57NS. The molecule has 13 rings (SSSR count). The van der Waals surface area contributed by atoms with Crippen molar-refractivity contribution in [1.82, 2.24) is 0 Å². The Hall–Kier alpha value is -4.53. The Labute approximate surface area is 356 Å². The zero-order chi connectivity index (χ0) is 40.1. The standard InChI is InChI=1S/C57H57NS/c1-54(2)25-26-55(3,4)53-47(54)17-12-18-50(53)58(41-20-22-44-43-15-10-11-16-45(43)56(5,6)48(44)33-41)42-21-24-51-49(34-42)57(39-28-35-27-36(30-39)31-40(57)29-35)46-23-19-38(32-52(46)59-51)37-13-8-7-9-14-37/h7-24,32-36,39-40H,25-31H2,1-6H3. The molecule has 1 spiro atoms. The zero-order valence-corrected chi connectivity index (χ0v) is 36.6. The number of benzene rings is 6. The van der Waals surface area contributed by atoms with E-state index in [2.05, 4.69) is 174 Å². The Morgan fingerprint density at radius 3 is 1.88 bits per heavy atom. The van der Waals surface area contributed by atoms with Crippen LogP contribution in [0.15, 0.2) is 137 Å². The molecule has 6 aromatic carbocycles. The number of fused-ring (bicyclic) bond motifs is 6. The van der Waals surface area contributed by atoms with E-state index >= 15 is 0 Å². The summed E-state index contributed by atoms with van der Waals surface area (Å²) in [6.45, 7) is 14.8. The topological polar surface area (TPSA) is 3.24 Å². The summed E-state index contributed by atoms with van der Waals surface area (Å²) in [6.07, 6.45) is 9.35. The Morgan fingerprint density at radius 2 is 1.12 bits per heavy atom. The lowest BCUT2D eigenvalue weighted by Gasteiger charge is -2.63. The van der Waals surface area contributed by atoms with E-state index in [0.717, 1.165) is 11.8 Å². The van der Waals surface area contributed by atoms with E-state index in [1.807, 2.05) is 11.8 Å². The smallest absolute Gasteiger partial charge is 0.0502 e. The van der Waals surface area contributed by atoms with Crippen LogP contribution < -0.4 is 4.90 Å². The molecular weight excluding hydrogens is 731 g/mol.